The Morgan fingerprint density at radius 2 is 2.12 bits per heavy atom. The zero-order valence-corrected chi connectivity index (χ0v) is 15.2. The summed E-state index contributed by atoms with van der Waals surface area (Å²) in [5.74, 6) is 0.148. The van der Waals surface area contributed by atoms with Crippen molar-refractivity contribution in [1.29, 1.82) is 0 Å². The maximum absolute atomic E-state index is 13.2. The van der Waals surface area contributed by atoms with Crippen LogP contribution < -0.4 is 0 Å². The molecule has 0 saturated heterocycles. The van der Waals surface area contributed by atoms with E-state index in [1.807, 2.05) is 36.0 Å². The van der Waals surface area contributed by atoms with Crippen LogP contribution in [0, 0.1) is 0 Å². The number of nitrogens with zero attached hydrogens (tertiary/aromatic N) is 3. The first-order valence-corrected chi connectivity index (χ1v) is 9.34. The Morgan fingerprint density at radius 3 is 2.79 bits per heavy atom. The van der Waals surface area contributed by atoms with E-state index in [2.05, 4.69) is 29.4 Å². The molecule has 1 aromatic carbocycles. The molecule has 0 N–H and O–H groups in total. The maximum Gasteiger partial charge on any atom is 0.244 e. The van der Waals surface area contributed by atoms with E-state index in [-0.39, 0.29) is 11.9 Å². The van der Waals surface area contributed by atoms with Crippen LogP contribution in [0.25, 0.3) is 0 Å². The molecule has 24 heavy (non-hydrogen) atoms. The molecule has 0 fully saturated rings. The van der Waals surface area contributed by atoms with Gasteiger partial charge in [0.05, 0.1) is 0 Å². The largest absolute Gasteiger partial charge is 0.336 e. The number of thioether (sulfide) groups is 1. The molecular weight excluding hydrogens is 318 g/mol. The van der Waals surface area contributed by atoms with Crippen LogP contribution in [0.3, 0.4) is 0 Å². The van der Waals surface area contributed by atoms with Crippen molar-refractivity contribution in [2.45, 2.75) is 23.9 Å². The van der Waals surface area contributed by atoms with E-state index in [0.717, 1.165) is 18.5 Å². The molecule has 1 unspecified atom stereocenters. The van der Waals surface area contributed by atoms with Crippen molar-refractivity contribution in [3.63, 3.8) is 0 Å². The van der Waals surface area contributed by atoms with Crippen LogP contribution in [0.4, 0.5) is 0 Å². The Kier molecular flexibility index (Phi) is 5.21. The molecule has 3 rings (SSSR count). The van der Waals surface area contributed by atoms with Crippen LogP contribution in [-0.4, -0.2) is 47.6 Å². The Morgan fingerprint density at radius 1 is 1.29 bits per heavy atom. The average molecular weight is 341 g/mol. The van der Waals surface area contributed by atoms with Gasteiger partial charge in [0, 0.05) is 30.4 Å². The second-order valence-electron chi connectivity index (χ2n) is 6.26. The van der Waals surface area contributed by atoms with Crippen molar-refractivity contribution in [2.24, 2.45) is 0 Å². The fourth-order valence-electron chi connectivity index (χ4n) is 3.30. The third-order valence-corrected chi connectivity index (χ3v) is 5.33. The van der Waals surface area contributed by atoms with Crippen molar-refractivity contribution < 1.29 is 4.79 Å². The normalized spacial score (nSPS) is 15.2. The number of hydrogen-bond donors (Lipinski definition) is 0. The molecule has 0 spiro atoms. The molecule has 2 heterocycles. The Hall–Kier alpha value is -1.85. The van der Waals surface area contributed by atoms with E-state index in [4.69, 9.17) is 0 Å². The molecule has 1 aromatic heterocycles. The van der Waals surface area contributed by atoms with E-state index in [0.29, 0.717) is 6.54 Å². The van der Waals surface area contributed by atoms with Gasteiger partial charge in [0.25, 0.3) is 0 Å². The predicted octanol–water partition coefficient (Wildman–Crippen LogP) is 2.99. The second-order valence-corrected chi connectivity index (χ2v) is 7.11. The number of carbonyl (C=O) groups excluding carboxylic acids is 1. The number of aromatic nitrogens is 1. The van der Waals surface area contributed by atoms with Crippen molar-refractivity contribution in [2.75, 3.05) is 26.9 Å². The zero-order valence-electron chi connectivity index (χ0n) is 14.4. The van der Waals surface area contributed by atoms with Crippen LogP contribution in [0.2, 0.25) is 0 Å². The van der Waals surface area contributed by atoms with Gasteiger partial charge in [0.15, 0.2) is 0 Å². The molecule has 0 aliphatic carbocycles. The Bertz CT molecular complexity index is 704. The highest BCUT2D eigenvalue weighted by atomic mass is 32.2. The van der Waals surface area contributed by atoms with E-state index in [9.17, 15) is 4.79 Å². The molecular formula is C19H23N3OS. The highest BCUT2D eigenvalue weighted by Crippen LogP contribution is 2.30. The van der Waals surface area contributed by atoms with Gasteiger partial charge in [-0.1, -0.05) is 18.2 Å². The first kappa shape index (κ1) is 17.0. The fraction of sp³-hybridized carbons (Fsp3) is 0.368. The van der Waals surface area contributed by atoms with Crippen molar-refractivity contribution >= 4 is 17.7 Å². The quantitative estimate of drug-likeness (QED) is 0.801. The molecule has 0 radical (unpaired) electrons. The summed E-state index contributed by atoms with van der Waals surface area (Å²) in [6.45, 7) is 1.46. The molecule has 5 heteroatoms. The maximum atomic E-state index is 13.2. The van der Waals surface area contributed by atoms with Gasteiger partial charge in [-0.05, 0) is 55.6 Å². The summed E-state index contributed by atoms with van der Waals surface area (Å²) in [6, 6.07) is 10.0. The van der Waals surface area contributed by atoms with Gasteiger partial charge in [-0.3, -0.25) is 14.7 Å². The van der Waals surface area contributed by atoms with Gasteiger partial charge >= 0.3 is 0 Å². The Labute approximate surface area is 147 Å². The summed E-state index contributed by atoms with van der Waals surface area (Å²) in [5.41, 5.74) is 3.61. The lowest BCUT2D eigenvalue weighted by molar-refractivity contribution is -0.137. The third kappa shape index (κ3) is 3.32. The topological polar surface area (TPSA) is 36.4 Å². The van der Waals surface area contributed by atoms with Crippen LogP contribution in [-0.2, 0) is 17.8 Å². The third-order valence-electron chi connectivity index (χ3n) is 4.51. The molecule has 1 aliphatic heterocycles. The first-order chi connectivity index (χ1) is 11.6. The fourth-order valence-corrected chi connectivity index (χ4v) is 3.96. The second kappa shape index (κ2) is 7.36. The smallest absolute Gasteiger partial charge is 0.244 e. The summed E-state index contributed by atoms with van der Waals surface area (Å²) in [6.07, 6.45) is 6.54. The van der Waals surface area contributed by atoms with Gasteiger partial charge in [-0.15, -0.1) is 11.8 Å². The SMILES string of the molecule is CSc1cccc2c1CN(C(=O)C(c1cccnc1)N(C)C)CC2. The van der Waals surface area contributed by atoms with Crippen LogP contribution in [0.1, 0.15) is 22.7 Å². The van der Waals surface area contributed by atoms with E-state index in [1.54, 1.807) is 24.2 Å². The standard InChI is InChI=1S/C19H23N3OS/c1-21(2)18(15-7-5-10-20-12-15)19(23)22-11-9-14-6-4-8-17(24-3)16(14)13-22/h4-8,10,12,18H,9,11,13H2,1-3H3. The number of amides is 1. The molecule has 2 aromatic rings. The minimum Gasteiger partial charge on any atom is -0.336 e. The Balaban J connectivity index is 1.87. The molecule has 0 saturated carbocycles. The molecule has 1 atom stereocenters. The minimum atomic E-state index is -0.290. The number of hydrogen-bond acceptors (Lipinski definition) is 4. The molecule has 126 valence electrons. The lowest BCUT2D eigenvalue weighted by Gasteiger charge is -2.34. The van der Waals surface area contributed by atoms with Crippen molar-refractivity contribution in [3.05, 3.63) is 59.4 Å². The number of carbonyl (C=O) groups is 1. The predicted molar refractivity (Wildman–Crippen MR) is 98.0 cm³/mol. The zero-order chi connectivity index (χ0) is 17.1. The molecule has 1 amide bonds. The number of likely N-dealkylation sites (N-methyl/N-ethyl adjacent to an activating group) is 1. The summed E-state index contributed by atoms with van der Waals surface area (Å²) in [5, 5.41) is 0. The summed E-state index contributed by atoms with van der Waals surface area (Å²) in [7, 11) is 3.89. The number of pyridine rings is 1. The number of benzene rings is 1. The van der Waals surface area contributed by atoms with Gasteiger partial charge < -0.3 is 4.90 Å². The molecule has 1 aliphatic rings. The summed E-state index contributed by atoms with van der Waals surface area (Å²) in [4.78, 5) is 22.6. The van der Waals surface area contributed by atoms with Gasteiger partial charge in [0.1, 0.15) is 6.04 Å². The monoisotopic (exact) mass is 341 g/mol. The number of rotatable bonds is 4. The van der Waals surface area contributed by atoms with Gasteiger partial charge in [-0.25, -0.2) is 0 Å². The van der Waals surface area contributed by atoms with Crippen molar-refractivity contribution in [3.8, 4) is 0 Å². The van der Waals surface area contributed by atoms with Crippen LogP contribution >= 0.6 is 11.8 Å². The van der Waals surface area contributed by atoms with E-state index >= 15 is 0 Å². The van der Waals surface area contributed by atoms with Crippen LogP contribution in [0.5, 0.6) is 0 Å². The lowest BCUT2D eigenvalue weighted by Crippen LogP contribution is -2.43. The first-order valence-electron chi connectivity index (χ1n) is 8.11. The summed E-state index contributed by atoms with van der Waals surface area (Å²) >= 11 is 1.75. The number of fused-ring (bicyclic) bond motifs is 1. The van der Waals surface area contributed by atoms with Crippen LogP contribution in [0.15, 0.2) is 47.6 Å². The van der Waals surface area contributed by atoms with Gasteiger partial charge in [0.2, 0.25) is 5.91 Å². The summed E-state index contributed by atoms with van der Waals surface area (Å²) < 4.78 is 0. The highest BCUT2D eigenvalue weighted by Gasteiger charge is 2.30. The van der Waals surface area contributed by atoms with E-state index < -0.39 is 0 Å². The minimum absolute atomic E-state index is 0.148. The van der Waals surface area contributed by atoms with E-state index in [1.165, 1.54) is 16.0 Å². The van der Waals surface area contributed by atoms with Gasteiger partial charge in [-0.2, -0.15) is 0 Å². The average Bonchev–Trinajstić information content (AvgIpc) is 2.61. The molecule has 4 nitrogen and oxygen atoms in total. The molecule has 0 bridgehead atoms. The van der Waals surface area contributed by atoms with Crippen molar-refractivity contribution in [1.82, 2.24) is 14.8 Å². The highest BCUT2D eigenvalue weighted by molar-refractivity contribution is 7.98. The lowest BCUT2D eigenvalue weighted by atomic mass is 9.98.